The Labute approximate surface area is 101 Å². The number of aliphatic hydroxyl groups excluding tert-OH is 1. The molecule has 0 aromatic carbocycles. The summed E-state index contributed by atoms with van der Waals surface area (Å²) in [6.07, 6.45) is 8.73. The molecule has 4 nitrogen and oxygen atoms in total. The van der Waals surface area contributed by atoms with Gasteiger partial charge in [0.2, 0.25) is 0 Å². The van der Waals surface area contributed by atoms with E-state index in [1.165, 1.54) is 23.8 Å². The first-order valence-corrected chi connectivity index (χ1v) is 6.38. The minimum absolute atomic E-state index is 0.273. The van der Waals surface area contributed by atoms with E-state index in [2.05, 4.69) is 4.98 Å². The molecule has 2 rings (SSSR count). The first-order chi connectivity index (χ1) is 8.16. The Morgan fingerprint density at radius 3 is 2.88 bits per heavy atom. The van der Waals surface area contributed by atoms with Crippen LogP contribution in [-0.2, 0) is 6.54 Å². The third-order valence-corrected chi connectivity index (χ3v) is 3.56. The van der Waals surface area contributed by atoms with Gasteiger partial charge in [0.15, 0.2) is 0 Å². The normalized spacial score (nSPS) is 19.2. The number of rotatable bonds is 3. The summed E-state index contributed by atoms with van der Waals surface area (Å²) in [5, 5.41) is 10.2. The largest absolute Gasteiger partial charge is 0.391 e. The van der Waals surface area contributed by atoms with Crippen molar-refractivity contribution in [1.82, 2.24) is 9.55 Å². The molecule has 1 heterocycles. The third-order valence-electron chi connectivity index (χ3n) is 3.56. The van der Waals surface area contributed by atoms with Gasteiger partial charge in [-0.1, -0.05) is 19.3 Å². The predicted octanol–water partition coefficient (Wildman–Crippen LogP) is 1.49. The topological polar surface area (TPSA) is 55.1 Å². The molecule has 1 saturated carbocycles. The number of hydrogen-bond donors (Lipinski definition) is 1. The van der Waals surface area contributed by atoms with Crippen LogP contribution in [0.3, 0.4) is 0 Å². The first kappa shape index (κ1) is 12.3. The highest BCUT2D eigenvalue weighted by Gasteiger charge is 2.22. The molecule has 0 spiro atoms. The maximum absolute atomic E-state index is 11.5. The molecule has 0 bridgehead atoms. The Hall–Kier alpha value is -1.16. The van der Waals surface area contributed by atoms with Crippen molar-refractivity contribution in [2.75, 3.05) is 0 Å². The van der Waals surface area contributed by atoms with E-state index in [1.54, 1.807) is 12.4 Å². The smallest absolute Gasteiger partial charge is 0.347 e. The molecule has 1 aromatic heterocycles. The lowest BCUT2D eigenvalue weighted by Gasteiger charge is -2.26. The number of aromatic nitrogens is 2. The second-order valence-corrected chi connectivity index (χ2v) is 5.03. The lowest BCUT2D eigenvalue weighted by Crippen LogP contribution is -2.33. The van der Waals surface area contributed by atoms with Crippen LogP contribution < -0.4 is 5.69 Å². The molecule has 1 fully saturated rings. The second-order valence-electron chi connectivity index (χ2n) is 5.03. The van der Waals surface area contributed by atoms with Crippen molar-refractivity contribution < 1.29 is 5.11 Å². The van der Waals surface area contributed by atoms with Crippen molar-refractivity contribution in [2.24, 2.45) is 5.92 Å². The average molecular weight is 236 g/mol. The summed E-state index contributed by atoms with van der Waals surface area (Å²) in [4.78, 5) is 15.3. The fourth-order valence-electron chi connectivity index (χ4n) is 2.57. The standard InChI is InChI=1S/C13H20N2O2/c1-10-7-14-13(17)15(8-10)9-12(16)11-5-3-2-4-6-11/h7-8,11-12,16H,2-6,9H2,1H3. The van der Waals surface area contributed by atoms with Crippen molar-refractivity contribution in [1.29, 1.82) is 0 Å². The van der Waals surface area contributed by atoms with Crippen LogP contribution in [0, 0.1) is 12.8 Å². The maximum atomic E-state index is 11.5. The van der Waals surface area contributed by atoms with E-state index in [9.17, 15) is 9.90 Å². The van der Waals surface area contributed by atoms with E-state index < -0.39 is 6.10 Å². The molecule has 17 heavy (non-hydrogen) atoms. The fourth-order valence-corrected chi connectivity index (χ4v) is 2.57. The first-order valence-electron chi connectivity index (χ1n) is 6.38. The van der Waals surface area contributed by atoms with Crippen LogP contribution in [-0.4, -0.2) is 20.8 Å². The van der Waals surface area contributed by atoms with Gasteiger partial charge in [-0.2, -0.15) is 0 Å². The Kier molecular flexibility index (Phi) is 3.94. The zero-order valence-electron chi connectivity index (χ0n) is 10.3. The maximum Gasteiger partial charge on any atom is 0.347 e. The van der Waals surface area contributed by atoms with Gasteiger partial charge in [-0.15, -0.1) is 0 Å². The van der Waals surface area contributed by atoms with Crippen LogP contribution in [0.5, 0.6) is 0 Å². The Morgan fingerprint density at radius 1 is 1.47 bits per heavy atom. The lowest BCUT2D eigenvalue weighted by atomic mass is 9.85. The number of aryl methyl sites for hydroxylation is 1. The summed E-state index contributed by atoms with van der Waals surface area (Å²) in [6.45, 7) is 2.27. The van der Waals surface area contributed by atoms with E-state index in [4.69, 9.17) is 0 Å². The van der Waals surface area contributed by atoms with Gasteiger partial charge in [0, 0.05) is 12.4 Å². The predicted molar refractivity (Wildman–Crippen MR) is 65.8 cm³/mol. The molecule has 4 heteroatoms. The van der Waals surface area contributed by atoms with Gasteiger partial charge in [-0.05, 0) is 31.2 Å². The molecule has 0 amide bonds. The molecule has 1 aliphatic rings. The monoisotopic (exact) mass is 236 g/mol. The Morgan fingerprint density at radius 2 is 2.18 bits per heavy atom. The Bertz CT molecular complexity index is 422. The van der Waals surface area contributed by atoms with Crippen molar-refractivity contribution in [3.63, 3.8) is 0 Å². The number of aliphatic hydroxyl groups is 1. The van der Waals surface area contributed by atoms with Crippen LogP contribution in [0.25, 0.3) is 0 Å². The van der Waals surface area contributed by atoms with Crippen molar-refractivity contribution in [2.45, 2.75) is 51.7 Å². The quantitative estimate of drug-likeness (QED) is 0.865. The van der Waals surface area contributed by atoms with Gasteiger partial charge in [0.1, 0.15) is 0 Å². The van der Waals surface area contributed by atoms with E-state index in [-0.39, 0.29) is 5.69 Å². The van der Waals surface area contributed by atoms with Crippen LogP contribution in [0.1, 0.15) is 37.7 Å². The van der Waals surface area contributed by atoms with E-state index in [0.29, 0.717) is 12.5 Å². The zero-order chi connectivity index (χ0) is 12.3. The van der Waals surface area contributed by atoms with Crippen LogP contribution in [0.2, 0.25) is 0 Å². The van der Waals surface area contributed by atoms with Crippen molar-refractivity contribution >= 4 is 0 Å². The molecular formula is C13H20N2O2. The van der Waals surface area contributed by atoms with E-state index in [0.717, 1.165) is 18.4 Å². The van der Waals surface area contributed by atoms with Crippen LogP contribution in [0.4, 0.5) is 0 Å². The number of nitrogens with zero attached hydrogens (tertiary/aromatic N) is 2. The molecule has 0 radical (unpaired) electrons. The number of hydrogen-bond acceptors (Lipinski definition) is 3. The molecular weight excluding hydrogens is 216 g/mol. The summed E-state index contributed by atoms with van der Waals surface area (Å²) < 4.78 is 1.52. The lowest BCUT2D eigenvalue weighted by molar-refractivity contribution is 0.0683. The highest BCUT2D eigenvalue weighted by Crippen LogP contribution is 2.26. The highest BCUT2D eigenvalue weighted by molar-refractivity contribution is 5.00. The molecule has 0 saturated heterocycles. The summed E-state index contributed by atoms with van der Waals surface area (Å²) in [5.74, 6) is 0.344. The van der Waals surface area contributed by atoms with Crippen LogP contribution >= 0.6 is 0 Å². The molecule has 1 N–H and O–H groups in total. The molecule has 1 unspecified atom stereocenters. The average Bonchev–Trinajstić information content (AvgIpc) is 2.35. The summed E-state index contributed by atoms with van der Waals surface area (Å²) in [5.41, 5.74) is 0.672. The van der Waals surface area contributed by atoms with Crippen molar-refractivity contribution in [3.05, 3.63) is 28.4 Å². The van der Waals surface area contributed by atoms with Gasteiger partial charge in [-0.25, -0.2) is 9.78 Å². The summed E-state index contributed by atoms with van der Waals surface area (Å²) >= 11 is 0. The molecule has 0 aliphatic heterocycles. The zero-order valence-corrected chi connectivity index (χ0v) is 10.3. The van der Waals surface area contributed by atoms with E-state index >= 15 is 0 Å². The van der Waals surface area contributed by atoms with Gasteiger partial charge in [0.05, 0.1) is 12.6 Å². The minimum Gasteiger partial charge on any atom is -0.391 e. The summed E-state index contributed by atoms with van der Waals surface area (Å²) in [7, 11) is 0. The summed E-state index contributed by atoms with van der Waals surface area (Å²) in [6, 6.07) is 0. The van der Waals surface area contributed by atoms with Gasteiger partial charge < -0.3 is 5.11 Å². The molecule has 1 aromatic rings. The second kappa shape index (κ2) is 5.45. The molecule has 1 atom stereocenters. The Balaban J connectivity index is 2.04. The molecule has 1 aliphatic carbocycles. The van der Waals surface area contributed by atoms with Crippen LogP contribution in [0.15, 0.2) is 17.2 Å². The van der Waals surface area contributed by atoms with Crippen molar-refractivity contribution in [3.8, 4) is 0 Å². The van der Waals surface area contributed by atoms with Gasteiger partial charge in [0.25, 0.3) is 0 Å². The fraction of sp³-hybridized carbons (Fsp3) is 0.692. The minimum atomic E-state index is -0.420. The molecule has 94 valence electrons. The highest BCUT2D eigenvalue weighted by atomic mass is 16.3. The SMILES string of the molecule is Cc1cnc(=O)n(CC(O)C2CCCCC2)c1. The third kappa shape index (κ3) is 3.16. The van der Waals surface area contributed by atoms with Gasteiger partial charge in [-0.3, -0.25) is 4.57 Å². The van der Waals surface area contributed by atoms with Gasteiger partial charge >= 0.3 is 5.69 Å². The van der Waals surface area contributed by atoms with E-state index in [1.807, 2.05) is 6.92 Å².